The molecule has 2 unspecified atom stereocenters. The van der Waals surface area contributed by atoms with Crippen LogP contribution < -0.4 is 0 Å². The van der Waals surface area contributed by atoms with Crippen LogP contribution in [0.25, 0.3) is 0 Å². The van der Waals surface area contributed by atoms with E-state index < -0.39 is 0 Å². The van der Waals surface area contributed by atoms with E-state index in [-0.39, 0.29) is 17.0 Å². The topological polar surface area (TPSA) is 23.5 Å². The molecule has 1 saturated heterocycles. The van der Waals surface area contributed by atoms with Crippen LogP contribution >= 0.6 is 17.0 Å². The summed E-state index contributed by atoms with van der Waals surface area (Å²) < 4.78 is 0. The Morgan fingerprint density at radius 2 is 2.21 bits per heavy atom. The van der Waals surface area contributed by atoms with Crippen molar-refractivity contribution in [2.24, 2.45) is 0 Å². The fraction of sp³-hybridized carbons (Fsp3) is 0.625. The number of likely N-dealkylation sites (N-methyl/N-ethyl adjacent to an activating group) is 1. The maximum absolute atomic E-state index is 9.84. The van der Waals surface area contributed by atoms with Crippen LogP contribution in [0.15, 0.2) is 18.2 Å². The van der Waals surface area contributed by atoms with Crippen LogP contribution in [-0.4, -0.2) is 29.6 Å². The number of fused-ring (bicyclic) bond motifs is 3. The zero-order valence-electron chi connectivity index (χ0n) is 11.9. The van der Waals surface area contributed by atoms with E-state index in [1.165, 1.54) is 43.4 Å². The van der Waals surface area contributed by atoms with Crippen molar-refractivity contribution >= 4 is 17.0 Å². The van der Waals surface area contributed by atoms with Crippen LogP contribution in [0, 0.1) is 0 Å². The summed E-state index contributed by atoms with van der Waals surface area (Å²) in [5.74, 6) is 0.430. The first-order chi connectivity index (χ1) is 8.67. The normalized spacial score (nSPS) is 29.5. The van der Waals surface area contributed by atoms with Gasteiger partial charge in [-0.3, -0.25) is 0 Å². The molecule has 0 spiro atoms. The quantitative estimate of drug-likeness (QED) is 0.897. The standard InChI is InChI=1S/C16H23NO.BrH/c1-3-8-16-9-10-17(2)15(16)7-5-12-4-6-13(18)11-14(12)16;/h4,6,11,15,18H,3,5,7-10H2,1-2H3;1H. The first kappa shape index (κ1) is 14.9. The van der Waals surface area contributed by atoms with Gasteiger partial charge in [0.1, 0.15) is 5.75 Å². The van der Waals surface area contributed by atoms with Crippen LogP contribution in [0.5, 0.6) is 5.75 Å². The van der Waals surface area contributed by atoms with E-state index in [0.717, 1.165) is 6.42 Å². The molecule has 1 aromatic rings. The number of likely N-dealkylation sites (tertiary alicyclic amines) is 1. The number of hydrogen-bond donors (Lipinski definition) is 1. The highest BCUT2D eigenvalue weighted by atomic mass is 79.9. The Bertz CT molecular complexity index is 458. The van der Waals surface area contributed by atoms with Gasteiger partial charge in [-0.15, -0.1) is 17.0 Å². The summed E-state index contributed by atoms with van der Waals surface area (Å²) in [6.07, 6.45) is 6.15. The molecule has 2 nitrogen and oxygen atoms in total. The van der Waals surface area contributed by atoms with Crippen LogP contribution in [0.3, 0.4) is 0 Å². The third-order valence-corrected chi connectivity index (χ3v) is 5.09. The minimum Gasteiger partial charge on any atom is -0.508 e. The summed E-state index contributed by atoms with van der Waals surface area (Å²) in [5, 5.41) is 9.84. The van der Waals surface area contributed by atoms with E-state index >= 15 is 0 Å². The van der Waals surface area contributed by atoms with Gasteiger partial charge in [-0.05, 0) is 62.5 Å². The molecule has 0 bridgehead atoms. The molecular weight excluding hydrogens is 302 g/mol. The minimum absolute atomic E-state index is 0. The van der Waals surface area contributed by atoms with Gasteiger partial charge < -0.3 is 10.0 Å². The average molecular weight is 326 g/mol. The molecule has 2 atom stereocenters. The number of rotatable bonds is 2. The lowest BCUT2D eigenvalue weighted by Gasteiger charge is -2.43. The monoisotopic (exact) mass is 325 g/mol. The highest BCUT2D eigenvalue weighted by Gasteiger charge is 2.49. The Hall–Kier alpha value is -0.540. The molecule has 19 heavy (non-hydrogen) atoms. The van der Waals surface area contributed by atoms with Gasteiger partial charge in [-0.25, -0.2) is 0 Å². The van der Waals surface area contributed by atoms with Gasteiger partial charge in [0.05, 0.1) is 0 Å². The molecule has 106 valence electrons. The summed E-state index contributed by atoms with van der Waals surface area (Å²) in [6.45, 7) is 3.47. The van der Waals surface area contributed by atoms with E-state index in [1.807, 2.05) is 12.1 Å². The molecular formula is C16H24BrNO. The van der Waals surface area contributed by atoms with Gasteiger partial charge in [0.15, 0.2) is 0 Å². The number of halogens is 1. The molecule has 0 aromatic heterocycles. The molecule has 0 radical (unpaired) electrons. The second kappa shape index (κ2) is 5.45. The van der Waals surface area contributed by atoms with E-state index in [0.29, 0.717) is 17.2 Å². The lowest BCUT2D eigenvalue weighted by molar-refractivity contribution is 0.205. The Morgan fingerprint density at radius 3 is 2.95 bits per heavy atom. The number of phenolic OH excluding ortho intramolecular Hbond substituents is 1. The number of benzene rings is 1. The van der Waals surface area contributed by atoms with Gasteiger partial charge >= 0.3 is 0 Å². The van der Waals surface area contributed by atoms with Gasteiger partial charge in [0.25, 0.3) is 0 Å². The fourth-order valence-corrected chi connectivity index (χ4v) is 4.34. The van der Waals surface area contributed by atoms with Crippen molar-refractivity contribution in [3.05, 3.63) is 29.3 Å². The second-order valence-corrected chi connectivity index (χ2v) is 6.03. The Labute approximate surface area is 126 Å². The Balaban J connectivity index is 0.00000133. The van der Waals surface area contributed by atoms with Crippen molar-refractivity contribution in [2.45, 2.75) is 50.5 Å². The molecule has 1 heterocycles. The second-order valence-electron chi connectivity index (χ2n) is 6.03. The van der Waals surface area contributed by atoms with E-state index in [4.69, 9.17) is 0 Å². The number of aromatic hydroxyl groups is 1. The molecule has 1 N–H and O–H groups in total. The van der Waals surface area contributed by atoms with Crippen molar-refractivity contribution in [1.29, 1.82) is 0 Å². The molecule has 3 rings (SSSR count). The Morgan fingerprint density at radius 1 is 1.42 bits per heavy atom. The van der Waals surface area contributed by atoms with Crippen molar-refractivity contribution in [1.82, 2.24) is 4.90 Å². The number of nitrogens with zero attached hydrogens (tertiary/aromatic N) is 1. The van der Waals surface area contributed by atoms with E-state index in [1.54, 1.807) is 0 Å². The maximum Gasteiger partial charge on any atom is 0.115 e. The summed E-state index contributed by atoms with van der Waals surface area (Å²) in [6, 6.07) is 6.69. The number of phenols is 1. The molecule has 3 heteroatoms. The average Bonchev–Trinajstić information content (AvgIpc) is 2.68. The Kier molecular flexibility index (Phi) is 4.26. The SMILES string of the molecule is Br.CCCC12CCN(C)C1CCc1ccc(O)cc12. The first-order valence-electron chi connectivity index (χ1n) is 7.20. The molecule has 1 aliphatic carbocycles. The molecule has 1 aliphatic heterocycles. The molecule has 1 aromatic carbocycles. The van der Waals surface area contributed by atoms with Gasteiger partial charge in [0, 0.05) is 11.5 Å². The zero-order chi connectivity index (χ0) is 12.8. The van der Waals surface area contributed by atoms with Gasteiger partial charge in [-0.2, -0.15) is 0 Å². The predicted octanol–water partition coefficient (Wildman–Crippen LogP) is 3.66. The molecule has 0 saturated carbocycles. The third kappa shape index (κ3) is 2.21. The van der Waals surface area contributed by atoms with Gasteiger partial charge in [0.2, 0.25) is 0 Å². The number of aryl methyl sites for hydroxylation is 1. The van der Waals surface area contributed by atoms with Crippen LogP contribution in [0.4, 0.5) is 0 Å². The summed E-state index contributed by atoms with van der Waals surface area (Å²) in [7, 11) is 2.26. The zero-order valence-corrected chi connectivity index (χ0v) is 13.6. The van der Waals surface area contributed by atoms with Crippen LogP contribution in [-0.2, 0) is 11.8 Å². The fourth-order valence-electron chi connectivity index (χ4n) is 4.34. The molecule has 0 amide bonds. The van der Waals surface area contributed by atoms with Crippen LogP contribution in [0.2, 0.25) is 0 Å². The largest absolute Gasteiger partial charge is 0.508 e. The summed E-state index contributed by atoms with van der Waals surface area (Å²) in [5.41, 5.74) is 3.20. The lowest BCUT2D eigenvalue weighted by atomic mass is 9.64. The molecule has 1 fully saturated rings. The van der Waals surface area contributed by atoms with E-state index in [2.05, 4.69) is 24.9 Å². The maximum atomic E-state index is 9.84. The minimum atomic E-state index is 0. The van der Waals surface area contributed by atoms with Gasteiger partial charge in [-0.1, -0.05) is 19.4 Å². The predicted molar refractivity (Wildman–Crippen MR) is 84.4 cm³/mol. The lowest BCUT2D eigenvalue weighted by Crippen LogP contribution is -2.44. The van der Waals surface area contributed by atoms with E-state index in [9.17, 15) is 5.11 Å². The third-order valence-electron chi connectivity index (χ3n) is 5.09. The highest BCUT2D eigenvalue weighted by Crippen LogP contribution is 2.49. The van der Waals surface area contributed by atoms with Crippen molar-refractivity contribution in [3.63, 3.8) is 0 Å². The highest BCUT2D eigenvalue weighted by molar-refractivity contribution is 8.93. The summed E-state index contributed by atoms with van der Waals surface area (Å²) >= 11 is 0. The van der Waals surface area contributed by atoms with Crippen molar-refractivity contribution < 1.29 is 5.11 Å². The van der Waals surface area contributed by atoms with Crippen LogP contribution in [0.1, 0.15) is 43.7 Å². The smallest absolute Gasteiger partial charge is 0.115 e. The first-order valence-corrected chi connectivity index (χ1v) is 7.20. The van der Waals surface area contributed by atoms with Crippen molar-refractivity contribution in [3.8, 4) is 5.75 Å². The number of hydrogen-bond acceptors (Lipinski definition) is 2. The van der Waals surface area contributed by atoms with Crippen molar-refractivity contribution in [2.75, 3.05) is 13.6 Å². The summed E-state index contributed by atoms with van der Waals surface area (Å²) in [4.78, 5) is 2.53. The molecule has 2 aliphatic rings.